The van der Waals surface area contributed by atoms with Crippen molar-refractivity contribution >= 4 is 10.3 Å². The second-order valence-corrected chi connectivity index (χ2v) is 4.24. The van der Waals surface area contributed by atoms with Crippen LogP contribution in [-0.4, -0.2) is 30.2 Å². The Morgan fingerprint density at radius 3 is 2.33 bits per heavy atom. The molecule has 0 spiro atoms. The van der Waals surface area contributed by atoms with Gasteiger partial charge < -0.3 is 5.11 Å². The highest BCUT2D eigenvalue weighted by atomic mass is 32.2. The molecule has 6 heteroatoms. The van der Waals surface area contributed by atoms with E-state index in [1.807, 2.05) is 4.72 Å². The third kappa shape index (κ3) is 3.06. The Morgan fingerprint density at radius 2 is 1.83 bits per heavy atom. The number of aliphatic hydroxyl groups is 1. The Labute approximate surface area is 71.7 Å². The summed E-state index contributed by atoms with van der Waals surface area (Å²) in [5.74, 6) is 0. The van der Waals surface area contributed by atoms with Gasteiger partial charge in [-0.2, -0.15) is 13.1 Å². The summed E-state index contributed by atoms with van der Waals surface area (Å²) < 4.78 is 31.2. The first kappa shape index (κ1) is 9.91. The van der Waals surface area contributed by atoms with E-state index in [1.165, 1.54) is 0 Å². The zero-order valence-electron chi connectivity index (χ0n) is 6.60. The van der Waals surface area contributed by atoms with Crippen molar-refractivity contribution in [1.29, 1.82) is 0 Å². The van der Waals surface area contributed by atoms with Crippen molar-refractivity contribution in [3.8, 4) is 0 Å². The zero-order valence-corrected chi connectivity index (χ0v) is 7.42. The molecule has 12 heavy (non-hydrogen) atoms. The summed E-state index contributed by atoms with van der Waals surface area (Å²) >= 11 is 0. The van der Waals surface area contributed by atoms with Crippen molar-refractivity contribution in [2.75, 3.05) is 0 Å². The fraction of sp³-hybridized carbons (Fsp3) is 1.00. The average Bonchev–Trinajstić information content (AvgIpc) is 1.91. The van der Waals surface area contributed by atoms with Crippen LogP contribution in [0.1, 0.15) is 25.7 Å². The molecule has 0 aliphatic heterocycles. The van der Waals surface area contributed by atoms with Gasteiger partial charge in [0.05, 0.1) is 6.10 Å². The SMILES string of the molecule is O=S(=O)(O)NC1CCCC[C@H]1O. The van der Waals surface area contributed by atoms with Gasteiger partial charge in [-0.3, -0.25) is 4.55 Å². The summed E-state index contributed by atoms with van der Waals surface area (Å²) in [5, 5.41) is 9.29. The molecule has 0 aromatic rings. The molecule has 1 aliphatic rings. The van der Waals surface area contributed by atoms with Crippen LogP contribution in [0.15, 0.2) is 0 Å². The van der Waals surface area contributed by atoms with Crippen LogP contribution in [0.5, 0.6) is 0 Å². The van der Waals surface area contributed by atoms with E-state index in [1.54, 1.807) is 0 Å². The molecule has 0 amide bonds. The highest BCUT2D eigenvalue weighted by Crippen LogP contribution is 2.18. The number of aliphatic hydroxyl groups excluding tert-OH is 1. The minimum absolute atomic E-state index is 0.520. The van der Waals surface area contributed by atoms with E-state index in [9.17, 15) is 13.5 Å². The second kappa shape index (κ2) is 3.69. The van der Waals surface area contributed by atoms with Gasteiger partial charge in [-0.15, -0.1) is 0 Å². The van der Waals surface area contributed by atoms with Crippen molar-refractivity contribution in [2.24, 2.45) is 0 Å². The summed E-state index contributed by atoms with van der Waals surface area (Å²) in [6.07, 6.45) is 2.30. The molecule has 1 fully saturated rings. The van der Waals surface area contributed by atoms with Gasteiger partial charge in [-0.05, 0) is 12.8 Å². The van der Waals surface area contributed by atoms with Gasteiger partial charge in [0.1, 0.15) is 0 Å². The molecule has 72 valence electrons. The van der Waals surface area contributed by atoms with Gasteiger partial charge in [0.25, 0.3) is 0 Å². The molecule has 0 radical (unpaired) electrons. The maximum absolute atomic E-state index is 10.4. The number of hydrogen-bond donors (Lipinski definition) is 3. The van der Waals surface area contributed by atoms with Gasteiger partial charge >= 0.3 is 10.3 Å². The lowest BCUT2D eigenvalue weighted by molar-refractivity contribution is 0.0999. The van der Waals surface area contributed by atoms with Crippen molar-refractivity contribution < 1.29 is 18.1 Å². The first-order chi connectivity index (χ1) is 5.49. The minimum Gasteiger partial charge on any atom is -0.391 e. The summed E-state index contributed by atoms with van der Waals surface area (Å²) in [7, 11) is -4.17. The predicted molar refractivity (Wildman–Crippen MR) is 42.9 cm³/mol. The van der Waals surface area contributed by atoms with Gasteiger partial charge in [-0.25, -0.2) is 0 Å². The predicted octanol–water partition coefficient (Wildman–Crippen LogP) is -0.318. The van der Waals surface area contributed by atoms with Crippen molar-refractivity contribution in [2.45, 2.75) is 37.8 Å². The topological polar surface area (TPSA) is 86.6 Å². The molecule has 1 unspecified atom stereocenters. The second-order valence-electron chi connectivity index (χ2n) is 3.05. The molecule has 0 heterocycles. The molecule has 1 saturated carbocycles. The van der Waals surface area contributed by atoms with Crippen molar-refractivity contribution in [3.63, 3.8) is 0 Å². The van der Waals surface area contributed by atoms with Crippen molar-refractivity contribution in [1.82, 2.24) is 4.72 Å². The Kier molecular flexibility index (Phi) is 3.05. The quantitative estimate of drug-likeness (QED) is 0.527. The number of rotatable bonds is 2. The lowest BCUT2D eigenvalue weighted by Gasteiger charge is -2.26. The van der Waals surface area contributed by atoms with Crippen LogP contribution in [0.25, 0.3) is 0 Å². The van der Waals surface area contributed by atoms with Gasteiger partial charge in [-0.1, -0.05) is 12.8 Å². The first-order valence-electron chi connectivity index (χ1n) is 3.92. The van der Waals surface area contributed by atoms with E-state index < -0.39 is 22.4 Å². The molecule has 1 rings (SSSR count). The fourth-order valence-corrected chi connectivity index (χ4v) is 2.10. The highest BCUT2D eigenvalue weighted by molar-refractivity contribution is 7.83. The first-order valence-corrected chi connectivity index (χ1v) is 5.36. The van der Waals surface area contributed by atoms with Gasteiger partial charge in [0, 0.05) is 6.04 Å². The zero-order chi connectivity index (χ0) is 9.19. The van der Waals surface area contributed by atoms with E-state index in [-0.39, 0.29) is 0 Å². The molecule has 3 N–H and O–H groups in total. The lowest BCUT2D eigenvalue weighted by Crippen LogP contribution is -2.44. The molecule has 0 saturated heterocycles. The van der Waals surface area contributed by atoms with Gasteiger partial charge in [0.15, 0.2) is 0 Å². The average molecular weight is 195 g/mol. The van der Waals surface area contributed by atoms with E-state index in [0.29, 0.717) is 12.8 Å². The third-order valence-electron chi connectivity index (χ3n) is 2.03. The van der Waals surface area contributed by atoms with Crippen LogP contribution < -0.4 is 4.72 Å². The molecular weight excluding hydrogens is 182 g/mol. The highest BCUT2D eigenvalue weighted by Gasteiger charge is 2.25. The minimum atomic E-state index is -4.17. The summed E-state index contributed by atoms with van der Waals surface area (Å²) in [4.78, 5) is 0. The van der Waals surface area contributed by atoms with Gasteiger partial charge in [0.2, 0.25) is 0 Å². The largest absolute Gasteiger partial charge is 0.391 e. The van der Waals surface area contributed by atoms with Crippen molar-refractivity contribution in [3.05, 3.63) is 0 Å². The molecular formula is C6H13NO4S. The molecule has 0 aromatic heterocycles. The smallest absolute Gasteiger partial charge is 0.333 e. The number of nitrogens with one attached hydrogen (secondary N) is 1. The molecule has 0 aromatic carbocycles. The maximum atomic E-state index is 10.4. The molecule has 5 nitrogen and oxygen atoms in total. The monoisotopic (exact) mass is 195 g/mol. The molecule has 1 aliphatic carbocycles. The Balaban J connectivity index is 2.50. The van der Waals surface area contributed by atoms with E-state index in [2.05, 4.69) is 0 Å². The van der Waals surface area contributed by atoms with E-state index in [0.717, 1.165) is 12.8 Å². The van der Waals surface area contributed by atoms with Crippen LogP contribution in [0.4, 0.5) is 0 Å². The summed E-state index contributed by atoms with van der Waals surface area (Å²) in [5.41, 5.74) is 0. The normalized spacial score (nSPS) is 31.8. The third-order valence-corrected chi connectivity index (χ3v) is 2.63. The summed E-state index contributed by atoms with van der Waals surface area (Å²) in [6, 6.07) is -0.520. The van der Waals surface area contributed by atoms with E-state index in [4.69, 9.17) is 4.55 Å². The van der Waals surface area contributed by atoms with Crippen LogP contribution in [0, 0.1) is 0 Å². The molecule has 2 atom stereocenters. The maximum Gasteiger partial charge on any atom is 0.333 e. The standard InChI is InChI=1S/C6H13NO4S/c8-6-4-2-1-3-5(6)7-12(9,10)11/h5-8H,1-4H2,(H,9,10,11)/t5?,6-/m1/s1. The Morgan fingerprint density at radius 1 is 1.25 bits per heavy atom. The summed E-state index contributed by atoms with van der Waals surface area (Å²) in [6.45, 7) is 0. The number of hydrogen-bond acceptors (Lipinski definition) is 3. The van der Waals surface area contributed by atoms with E-state index >= 15 is 0 Å². The fourth-order valence-electron chi connectivity index (χ4n) is 1.44. The van der Waals surface area contributed by atoms with Crippen LogP contribution in [0.3, 0.4) is 0 Å². The Bertz CT molecular complexity index is 238. The van der Waals surface area contributed by atoms with Crippen LogP contribution in [-0.2, 0) is 10.3 Å². The van der Waals surface area contributed by atoms with Crippen LogP contribution in [0.2, 0.25) is 0 Å². The Hall–Kier alpha value is -0.170. The lowest BCUT2D eigenvalue weighted by atomic mass is 9.93. The molecule has 0 bridgehead atoms. The van der Waals surface area contributed by atoms with Crippen LogP contribution >= 0.6 is 0 Å².